The van der Waals surface area contributed by atoms with Gasteiger partial charge in [-0.05, 0) is 61.6 Å². The van der Waals surface area contributed by atoms with E-state index in [1.807, 2.05) is 30.1 Å². The monoisotopic (exact) mass is 295 g/mol. The summed E-state index contributed by atoms with van der Waals surface area (Å²) in [6.07, 6.45) is 0.830. The topological polar surface area (TPSA) is 53.1 Å². The maximum absolute atomic E-state index is 8.30. The molecule has 0 bridgehead atoms. The molecule has 0 amide bonds. The normalized spacial score (nSPS) is 10.5. The zero-order chi connectivity index (χ0) is 16.3. The van der Waals surface area contributed by atoms with Gasteiger partial charge in [-0.1, -0.05) is 24.3 Å². The first-order chi connectivity index (χ1) is 10.4. The van der Waals surface area contributed by atoms with Gasteiger partial charge in [0, 0.05) is 24.8 Å². The minimum Gasteiger partial charge on any atom is -0.398 e. The van der Waals surface area contributed by atoms with Gasteiger partial charge in [0.05, 0.1) is 0 Å². The first-order valence-corrected chi connectivity index (χ1v) is 7.67. The Kier molecular flexibility index (Phi) is 4.86. The van der Waals surface area contributed by atoms with Crippen LogP contribution in [0.5, 0.6) is 0 Å². The minimum absolute atomic E-state index is 0.578. The van der Waals surface area contributed by atoms with Gasteiger partial charge in [-0.3, -0.25) is 5.41 Å². The molecule has 2 aromatic carbocycles. The summed E-state index contributed by atoms with van der Waals surface area (Å²) in [5.41, 5.74) is 12.7. The molecule has 2 aromatic rings. The van der Waals surface area contributed by atoms with Crippen molar-refractivity contribution in [2.24, 2.45) is 0 Å². The lowest BCUT2D eigenvalue weighted by Gasteiger charge is -2.21. The highest BCUT2D eigenvalue weighted by molar-refractivity contribution is 5.97. The number of amidine groups is 1. The molecule has 0 atom stereocenters. The summed E-state index contributed by atoms with van der Waals surface area (Å²) in [5, 5.41) is 8.30. The highest BCUT2D eigenvalue weighted by Gasteiger charge is 2.12. The molecule has 0 aromatic heterocycles. The summed E-state index contributed by atoms with van der Waals surface area (Å²) >= 11 is 0. The third kappa shape index (κ3) is 3.30. The lowest BCUT2D eigenvalue weighted by atomic mass is 9.94. The fourth-order valence-corrected chi connectivity index (χ4v) is 2.59. The van der Waals surface area contributed by atoms with Crippen LogP contribution in [0.4, 0.5) is 5.69 Å². The van der Waals surface area contributed by atoms with Crippen LogP contribution in [0.2, 0.25) is 0 Å². The van der Waals surface area contributed by atoms with Crippen molar-refractivity contribution >= 4 is 11.5 Å². The highest BCUT2D eigenvalue weighted by Crippen LogP contribution is 2.22. The Balaban J connectivity index is 2.35. The molecule has 0 radical (unpaired) electrons. The molecule has 0 aliphatic heterocycles. The van der Waals surface area contributed by atoms with E-state index < -0.39 is 0 Å². The number of hydrogen-bond acceptors (Lipinski definition) is 2. The van der Waals surface area contributed by atoms with Gasteiger partial charge in [-0.2, -0.15) is 0 Å². The van der Waals surface area contributed by atoms with E-state index in [0.29, 0.717) is 5.84 Å². The Morgan fingerprint density at radius 3 is 2.41 bits per heavy atom. The van der Waals surface area contributed by atoms with Gasteiger partial charge in [0.15, 0.2) is 0 Å². The van der Waals surface area contributed by atoms with Gasteiger partial charge in [0.25, 0.3) is 0 Å². The first kappa shape index (κ1) is 16.1. The van der Waals surface area contributed by atoms with Crippen LogP contribution in [0.25, 0.3) is 0 Å². The third-order valence-electron chi connectivity index (χ3n) is 4.23. The third-order valence-corrected chi connectivity index (χ3v) is 4.23. The van der Waals surface area contributed by atoms with Crippen LogP contribution in [-0.2, 0) is 6.42 Å². The molecule has 3 heteroatoms. The van der Waals surface area contributed by atoms with Crippen LogP contribution in [0.15, 0.2) is 36.4 Å². The van der Waals surface area contributed by atoms with Crippen molar-refractivity contribution in [3.63, 3.8) is 0 Å². The maximum atomic E-state index is 8.30. The van der Waals surface area contributed by atoms with E-state index in [2.05, 4.69) is 39.0 Å². The number of anilines is 1. The number of nitrogens with zero attached hydrogens (tertiary/aromatic N) is 1. The Labute approximate surface area is 133 Å². The number of nitrogen functional groups attached to an aromatic ring is 1. The summed E-state index contributed by atoms with van der Waals surface area (Å²) in [5.74, 6) is 0.578. The van der Waals surface area contributed by atoms with Gasteiger partial charge in [-0.15, -0.1) is 0 Å². The number of aryl methyl sites for hydroxylation is 2. The average Bonchev–Trinajstić information content (AvgIpc) is 2.51. The number of nitrogens with two attached hydrogens (primary N) is 1. The second-order valence-electron chi connectivity index (χ2n) is 5.83. The fraction of sp³-hybridized carbons (Fsp3) is 0.316. The Bertz CT molecular complexity index is 689. The number of hydrogen-bond donors (Lipinski definition) is 2. The first-order valence-electron chi connectivity index (χ1n) is 7.67. The molecule has 3 nitrogen and oxygen atoms in total. The van der Waals surface area contributed by atoms with Gasteiger partial charge in [0.1, 0.15) is 5.84 Å². The van der Waals surface area contributed by atoms with E-state index in [1.165, 1.54) is 11.1 Å². The van der Waals surface area contributed by atoms with E-state index in [4.69, 9.17) is 11.1 Å². The van der Waals surface area contributed by atoms with Crippen LogP contribution < -0.4 is 5.73 Å². The zero-order valence-electron chi connectivity index (χ0n) is 13.9. The van der Waals surface area contributed by atoms with E-state index in [-0.39, 0.29) is 0 Å². The Morgan fingerprint density at radius 1 is 1.09 bits per heavy atom. The number of para-hydroxylation sites is 1. The largest absolute Gasteiger partial charge is 0.398 e. The molecule has 0 heterocycles. The second kappa shape index (κ2) is 6.65. The van der Waals surface area contributed by atoms with E-state index in [1.54, 1.807) is 0 Å². The van der Waals surface area contributed by atoms with Crippen molar-refractivity contribution < 1.29 is 0 Å². The summed E-state index contributed by atoms with van der Waals surface area (Å²) in [7, 11) is 1.95. The van der Waals surface area contributed by atoms with Crippen LogP contribution >= 0.6 is 0 Å². The molecule has 116 valence electrons. The average molecular weight is 295 g/mol. The zero-order valence-corrected chi connectivity index (χ0v) is 13.9. The molecule has 0 spiro atoms. The number of rotatable bonds is 4. The van der Waals surface area contributed by atoms with Crippen molar-refractivity contribution in [1.82, 2.24) is 4.90 Å². The van der Waals surface area contributed by atoms with Crippen LogP contribution in [-0.4, -0.2) is 24.3 Å². The molecule has 0 saturated carbocycles. The smallest absolute Gasteiger partial charge is 0.128 e. The standard InChI is InChI=1S/C19H25N3/c1-5-22(4)19(21)17-11-13(2)16(10-14(17)3)12-15-8-6-7-9-18(15)20/h6-11,21H,5,12,20H2,1-4H3. The molecule has 22 heavy (non-hydrogen) atoms. The molecule has 0 saturated heterocycles. The number of benzene rings is 2. The summed E-state index contributed by atoms with van der Waals surface area (Å²) in [6.45, 7) is 7.07. The molecule has 0 aliphatic rings. The minimum atomic E-state index is 0.578. The van der Waals surface area contributed by atoms with E-state index in [0.717, 1.165) is 35.3 Å². The molecular formula is C19H25N3. The molecule has 2 rings (SSSR count). The molecule has 0 fully saturated rings. The van der Waals surface area contributed by atoms with Crippen molar-refractivity contribution in [3.8, 4) is 0 Å². The maximum Gasteiger partial charge on any atom is 0.128 e. The second-order valence-corrected chi connectivity index (χ2v) is 5.83. The lowest BCUT2D eigenvalue weighted by molar-refractivity contribution is 0.532. The quantitative estimate of drug-likeness (QED) is 0.513. The summed E-state index contributed by atoms with van der Waals surface area (Å²) < 4.78 is 0. The number of nitrogens with one attached hydrogen (secondary N) is 1. The summed E-state index contributed by atoms with van der Waals surface area (Å²) in [6, 6.07) is 12.3. The van der Waals surface area contributed by atoms with Crippen molar-refractivity contribution in [1.29, 1.82) is 5.41 Å². The SMILES string of the molecule is CCN(C)C(=N)c1cc(C)c(Cc2ccccc2N)cc1C. The fourth-order valence-electron chi connectivity index (χ4n) is 2.59. The van der Waals surface area contributed by atoms with E-state index >= 15 is 0 Å². The predicted octanol–water partition coefficient (Wildman–Crippen LogP) is 3.75. The van der Waals surface area contributed by atoms with Crippen LogP contribution in [0.1, 0.15) is 34.7 Å². The van der Waals surface area contributed by atoms with Crippen LogP contribution in [0, 0.1) is 19.3 Å². The lowest BCUT2D eigenvalue weighted by Crippen LogP contribution is -2.27. The Morgan fingerprint density at radius 2 is 1.77 bits per heavy atom. The molecule has 3 N–H and O–H groups in total. The van der Waals surface area contributed by atoms with Gasteiger partial charge >= 0.3 is 0 Å². The van der Waals surface area contributed by atoms with Gasteiger partial charge in [-0.25, -0.2) is 0 Å². The molecule has 0 aliphatic carbocycles. The van der Waals surface area contributed by atoms with Gasteiger partial charge in [0.2, 0.25) is 0 Å². The van der Waals surface area contributed by atoms with E-state index in [9.17, 15) is 0 Å². The van der Waals surface area contributed by atoms with Crippen molar-refractivity contribution in [2.75, 3.05) is 19.3 Å². The molecular weight excluding hydrogens is 270 g/mol. The van der Waals surface area contributed by atoms with Crippen LogP contribution in [0.3, 0.4) is 0 Å². The highest BCUT2D eigenvalue weighted by atomic mass is 15.1. The summed E-state index contributed by atoms with van der Waals surface area (Å²) in [4.78, 5) is 1.95. The molecule has 0 unspecified atom stereocenters. The van der Waals surface area contributed by atoms with Crippen molar-refractivity contribution in [2.45, 2.75) is 27.2 Å². The predicted molar refractivity (Wildman–Crippen MR) is 94.7 cm³/mol. The Hall–Kier alpha value is -2.29. The van der Waals surface area contributed by atoms with Gasteiger partial charge < -0.3 is 10.6 Å². The van der Waals surface area contributed by atoms with Crippen molar-refractivity contribution in [3.05, 3.63) is 64.2 Å².